The second-order valence-electron chi connectivity index (χ2n) is 4.58. The zero-order valence-electron chi connectivity index (χ0n) is 10.5. The minimum absolute atomic E-state index is 0.151. The summed E-state index contributed by atoms with van der Waals surface area (Å²) in [5.41, 5.74) is 2.59. The van der Waals surface area contributed by atoms with Crippen LogP contribution in [0, 0.1) is 6.92 Å². The van der Waals surface area contributed by atoms with Gasteiger partial charge in [-0.1, -0.05) is 24.3 Å². The molecule has 0 amide bonds. The van der Waals surface area contributed by atoms with Crippen LogP contribution in [-0.2, 0) is 13.1 Å². The Morgan fingerprint density at radius 3 is 2.47 bits per heavy atom. The van der Waals surface area contributed by atoms with Gasteiger partial charge in [0, 0.05) is 19.3 Å². The number of aryl methyl sites for hydroxylation is 1. The summed E-state index contributed by atoms with van der Waals surface area (Å²) in [6.45, 7) is 3.14. The second-order valence-corrected chi connectivity index (χ2v) is 4.58. The number of hydrogen-bond acceptors (Lipinski definition) is 4. The first-order valence-electron chi connectivity index (χ1n) is 6.04. The standard InChI is InChI=1S/C14H13N3O2/c1-9-15-6-12(14(18)19)13(16-9)17-7-10-4-2-3-5-11(10)8-17/h2-6H,7-8H2,1H3,(H,18,19). The van der Waals surface area contributed by atoms with E-state index in [2.05, 4.69) is 22.1 Å². The van der Waals surface area contributed by atoms with Crippen LogP contribution in [0.15, 0.2) is 30.5 Å². The number of hydrogen-bond donors (Lipinski definition) is 1. The molecule has 0 saturated heterocycles. The average Bonchev–Trinajstić information content (AvgIpc) is 2.81. The molecule has 5 nitrogen and oxygen atoms in total. The summed E-state index contributed by atoms with van der Waals surface area (Å²) in [5, 5.41) is 9.23. The molecular weight excluding hydrogens is 242 g/mol. The summed E-state index contributed by atoms with van der Waals surface area (Å²) >= 11 is 0. The van der Waals surface area contributed by atoms with Gasteiger partial charge in [-0.15, -0.1) is 0 Å². The maximum absolute atomic E-state index is 11.3. The van der Waals surface area contributed by atoms with Gasteiger partial charge < -0.3 is 10.0 Å². The van der Waals surface area contributed by atoms with Crippen molar-refractivity contribution >= 4 is 11.8 Å². The fraction of sp³-hybridized carbons (Fsp3) is 0.214. The van der Waals surface area contributed by atoms with Gasteiger partial charge in [-0.05, 0) is 18.1 Å². The number of fused-ring (bicyclic) bond motifs is 1. The van der Waals surface area contributed by atoms with Crippen molar-refractivity contribution in [2.24, 2.45) is 0 Å². The lowest BCUT2D eigenvalue weighted by molar-refractivity contribution is 0.0696. The van der Waals surface area contributed by atoms with Gasteiger partial charge in [-0.2, -0.15) is 0 Å². The molecular formula is C14H13N3O2. The third-order valence-electron chi connectivity index (χ3n) is 3.26. The Labute approximate surface area is 110 Å². The van der Waals surface area contributed by atoms with Crippen molar-refractivity contribution in [1.82, 2.24) is 9.97 Å². The van der Waals surface area contributed by atoms with Crippen LogP contribution in [0.2, 0.25) is 0 Å². The molecule has 0 atom stereocenters. The largest absolute Gasteiger partial charge is 0.477 e. The fourth-order valence-electron chi connectivity index (χ4n) is 2.33. The van der Waals surface area contributed by atoms with E-state index in [1.165, 1.54) is 17.3 Å². The molecule has 1 N–H and O–H groups in total. The van der Waals surface area contributed by atoms with E-state index in [-0.39, 0.29) is 5.56 Å². The number of carbonyl (C=O) groups is 1. The van der Waals surface area contributed by atoms with E-state index in [0.29, 0.717) is 24.7 Å². The monoisotopic (exact) mass is 255 g/mol. The maximum Gasteiger partial charge on any atom is 0.341 e. The van der Waals surface area contributed by atoms with E-state index in [1.54, 1.807) is 6.92 Å². The molecule has 0 bridgehead atoms. The zero-order chi connectivity index (χ0) is 13.4. The number of nitrogens with zero attached hydrogens (tertiary/aromatic N) is 3. The van der Waals surface area contributed by atoms with Crippen LogP contribution in [0.3, 0.4) is 0 Å². The lowest BCUT2D eigenvalue weighted by Gasteiger charge is -2.18. The molecule has 0 saturated carbocycles. The lowest BCUT2D eigenvalue weighted by Crippen LogP contribution is -2.20. The molecule has 19 heavy (non-hydrogen) atoms. The first-order chi connectivity index (χ1) is 9.15. The smallest absolute Gasteiger partial charge is 0.341 e. The van der Waals surface area contributed by atoms with Crippen molar-refractivity contribution in [3.63, 3.8) is 0 Å². The van der Waals surface area contributed by atoms with Gasteiger partial charge in [0.1, 0.15) is 17.2 Å². The quantitative estimate of drug-likeness (QED) is 0.889. The molecule has 0 fully saturated rings. The third kappa shape index (κ3) is 2.03. The Kier molecular flexibility index (Phi) is 2.67. The molecule has 2 aromatic rings. The highest BCUT2D eigenvalue weighted by Crippen LogP contribution is 2.28. The first kappa shape index (κ1) is 11.6. The Morgan fingerprint density at radius 2 is 1.89 bits per heavy atom. The van der Waals surface area contributed by atoms with Crippen LogP contribution in [0.1, 0.15) is 27.3 Å². The van der Waals surface area contributed by atoms with Crippen LogP contribution in [0.4, 0.5) is 5.82 Å². The summed E-state index contributed by atoms with van der Waals surface area (Å²) in [6.07, 6.45) is 1.38. The SMILES string of the molecule is Cc1ncc(C(=O)O)c(N2Cc3ccccc3C2)n1. The van der Waals surface area contributed by atoms with Crippen LogP contribution in [-0.4, -0.2) is 21.0 Å². The second kappa shape index (κ2) is 4.35. The highest BCUT2D eigenvalue weighted by molar-refractivity contribution is 5.93. The molecule has 0 spiro atoms. The van der Waals surface area contributed by atoms with Crippen molar-refractivity contribution < 1.29 is 9.90 Å². The number of benzene rings is 1. The van der Waals surface area contributed by atoms with Crippen LogP contribution < -0.4 is 4.90 Å². The van der Waals surface area contributed by atoms with E-state index >= 15 is 0 Å². The topological polar surface area (TPSA) is 66.3 Å². The Morgan fingerprint density at radius 1 is 1.26 bits per heavy atom. The minimum Gasteiger partial charge on any atom is -0.477 e. The van der Waals surface area contributed by atoms with E-state index in [4.69, 9.17) is 0 Å². The van der Waals surface area contributed by atoms with Crippen molar-refractivity contribution in [3.8, 4) is 0 Å². The van der Waals surface area contributed by atoms with E-state index < -0.39 is 5.97 Å². The number of carboxylic acids is 1. The fourth-order valence-corrected chi connectivity index (χ4v) is 2.33. The van der Waals surface area contributed by atoms with Gasteiger partial charge in [0.05, 0.1) is 0 Å². The number of aromatic nitrogens is 2. The highest BCUT2D eigenvalue weighted by atomic mass is 16.4. The molecule has 0 radical (unpaired) electrons. The molecule has 96 valence electrons. The first-order valence-corrected chi connectivity index (χ1v) is 6.04. The molecule has 1 aromatic carbocycles. The summed E-state index contributed by atoms with van der Waals surface area (Å²) in [6, 6.07) is 8.10. The van der Waals surface area contributed by atoms with Crippen molar-refractivity contribution in [3.05, 3.63) is 53.0 Å². The zero-order valence-corrected chi connectivity index (χ0v) is 10.5. The van der Waals surface area contributed by atoms with Crippen LogP contribution in [0.25, 0.3) is 0 Å². The molecule has 0 aliphatic carbocycles. The Bertz CT molecular complexity index is 630. The average molecular weight is 255 g/mol. The van der Waals surface area contributed by atoms with Gasteiger partial charge >= 0.3 is 5.97 Å². The highest BCUT2D eigenvalue weighted by Gasteiger charge is 2.24. The van der Waals surface area contributed by atoms with E-state index in [9.17, 15) is 9.90 Å². The van der Waals surface area contributed by atoms with Gasteiger partial charge in [-0.25, -0.2) is 14.8 Å². The molecule has 5 heteroatoms. The van der Waals surface area contributed by atoms with Crippen molar-refractivity contribution in [1.29, 1.82) is 0 Å². The Balaban J connectivity index is 2.01. The molecule has 2 heterocycles. The molecule has 3 rings (SSSR count). The predicted octanol–water partition coefficient (Wildman–Crippen LogP) is 2.00. The van der Waals surface area contributed by atoms with Crippen LogP contribution >= 0.6 is 0 Å². The number of anilines is 1. The summed E-state index contributed by atoms with van der Waals surface area (Å²) < 4.78 is 0. The number of rotatable bonds is 2. The van der Waals surface area contributed by atoms with Crippen molar-refractivity contribution in [2.75, 3.05) is 4.90 Å². The van der Waals surface area contributed by atoms with Gasteiger partial charge in [0.15, 0.2) is 0 Å². The normalized spacial score (nSPS) is 13.4. The predicted molar refractivity (Wildman–Crippen MR) is 70.1 cm³/mol. The summed E-state index contributed by atoms with van der Waals surface area (Å²) in [5.74, 6) is 0.0816. The molecule has 1 aliphatic heterocycles. The molecule has 1 aliphatic rings. The maximum atomic E-state index is 11.3. The lowest BCUT2D eigenvalue weighted by atomic mass is 10.1. The summed E-state index contributed by atoms with van der Waals surface area (Å²) in [7, 11) is 0. The number of carboxylic acid groups (broad SMARTS) is 1. The Hall–Kier alpha value is -2.43. The van der Waals surface area contributed by atoms with Crippen molar-refractivity contribution in [2.45, 2.75) is 20.0 Å². The minimum atomic E-state index is -0.994. The number of aromatic carboxylic acids is 1. The molecule has 1 aromatic heterocycles. The van der Waals surface area contributed by atoms with Crippen LogP contribution in [0.5, 0.6) is 0 Å². The van der Waals surface area contributed by atoms with E-state index in [1.807, 2.05) is 17.0 Å². The third-order valence-corrected chi connectivity index (χ3v) is 3.26. The molecule has 0 unspecified atom stereocenters. The van der Waals surface area contributed by atoms with Gasteiger partial charge in [0.2, 0.25) is 0 Å². The summed E-state index contributed by atoms with van der Waals surface area (Å²) in [4.78, 5) is 21.5. The van der Waals surface area contributed by atoms with E-state index in [0.717, 1.165) is 0 Å². The van der Waals surface area contributed by atoms with Gasteiger partial charge in [0.25, 0.3) is 0 Å². The van der Waals surface area contributed by atoms with Gasteiger partial charge in [-0.3, -0.25) is 0 Å².